The molecule has 31 heavy (non-hydrogen) atoms. The fraction of sp³-hybridized carbons (Fsp3) is 0.478. The molecule has 2 N–H and O–H groups in total. The van der Waals surface area contributed by atoms with Crippen LogP contribution in [0.25, 0.3) is 0 Å². The summed E-state index contributed by atoms with van der Waals surface area (Å²) in [6.07, 6.45) is 4.86. The predicted octanol–water partition coefficient (Wildman–Crippen LogP) is 1.54. The van der Waals surface area contributed by atoms with Gasteiger partial charge in [0.25, 0.3) is 0 Å². The number of hydrogen-bond donors (Lipinski definition) is 2. The summed E-state index contributed by atoms with van der Waals surface area (Å²) in [4.78, 5) is 29.4. The molecule has 1 amide bonds. The molecule has 0 radical (unpaired) electrons. The topological polar surface area (TPSA) is 85.8 Å². The quantitative estimate of drug-likeness (QED) is 0.519. The number of nitrogens with zero attached hydrogens (tertiary/aromatic N) is 5. The molecule has 0 spiro atoms. The van der Waals surface area contributed by atoms with Crippen molar-refractivity contribution in [3.63, 3.8) is 0 Å². The van der Waals surface area contributed by atoms with Gasteiger partial charge in [-0.15, -0.1) is 0 Å². The Morgan fingerprint density at radius 3 is 2.29 bits per heavy atom. The van der Waals surface area contributed by atoms with Crippen LogP contribution in [0.15, 0.2) is 41.7 Å². The van der Waals surface area contributed by atoms with Crippen LogP contribution in [0.1, 0.15) is 23.1 Å². The molecule has 1 aliphatic heterocycles. The maximum absolute atomic E-state index is 12.5. The van der Waals surface area contributed by atoms with Gasteiger partial charge in [-0.3, -0.25) is 9.79 Å². The van der Waals surface area contributed by atoms with E-state index in [1.54, 1.807) is 19.4 Å². The average molecular weight is 424 g/mol. The number of amides is 1. The average Bonchev–Trinajstić information content (AvgIpc) is 2.78. The van der Waals surface area contributed by atoms with Crippen molar-refractivity contribution in [1.82, 2.24) is 25.5 Å². The number of aliphatic imine (C=N–C) groups is 1. The fourth-order valence-corrected chi connectivity index (χ4v) is 3.82. The van der Waals surface area contributed by atoms with Crippen LogP contribution in [-0.2, 0) is 11.2 Å². The van der Waals surface area contributed by atoms with Gasteiger partial charge in [0.15, 0.2) is 5.96 Å². The van der Waals surface area contributed by atoms with E-state index < -0.39 is 0 Å². The maximum Gasteiger partial charge on any atom is 0.225 e. The molecule has 3 rings (SSSR count). The summed E-state index contributed by atoms with van der Waals surface area (Å²) in [5.41, 5.74) is 3.89. The first-order chi connectivity index (χ1) is 15.0. The van der Waals surface area contributed by atoms with Gasteiger partial charge in [-0.25, -0.2) is 9.97 Å². The van der Waals surface area contributed by atoms with Gasteiger partial charge in [-0.05, 0) is 31.9 Å². The normalized spacial score (nSPS) is 14.5. The van der Waals surface area contributed by atoms with Crippen molar-refractivity contribution in [2.24, 2.45) is 4.99 Å². The van der Waals surface area contributed by atoms with Crippen LogP contribution < -0.4 is 15.5 Å². The molecule has 1 aromatic carbocycles. The molecule has 1 aliphatic rings. The molecular weight excluding hydrogens is 390 g/mol. The summed E-state index contributed by atoms with van der Waals surface area (Å²) >= 11 is 0. The Morgan fingerprint density at radius 2 is 1.65 bits per heavy atom. The van der Waals surface area contributed by atoms with Gasteiger partial charge in [-0.2, -0.15) is 0 Å². The minimum Gasteiger partial charge on any atom is -0.356 e. The number of benzene rings is 1. The molecular formula is C23H33N7O. The van der Waals surface area contributed by atoms with Crippen LogP contribution in [0.4, 0.5) is 5.95 Å². The van der Waals surface area contributed by atoms with Crippen molar-refractivity contribution >= 4 is 17.8 Å². The zero-order chi connectivity index (χ0) is 22.1. The van der Waals surface area contributed by atoms with Crippen molar-refractivity contribution in [2.75, 3.05) is 51.2 Å². The van der Waals surface area contributed by atoms with Crippen LogP contribution in [0, 0.1) is 13.8 Å². The number of aryl methyl sites for hydroxylation is 2. The first kappa shape index (κ1) is 22.5. The standard InChI is InChI=1S/C23H33N7O/c1-18-15-19(2)17-20(16-18)5-9-25-22(24-3)26-10-6-21(31)29-11-13-30(14-12-29)23-27-7-4-8-28-23/h4,7-8,15-17H,5-6,9-14H2,1-3H3,(H2,24,25,26). The molecule has 0 aliphatic carbocycles. The third-order valence-corrected chi connectivity index (χ3v) is 5.31. The fourth-order valence-electron chi connectivity index (χ4n) is 3.82. The van der Waals surface area contributed by atoms with E-state index in [1.807, 2.05) is 11.0 Å². The number of carbonyl (C=O) groups excluding carboxylic acids is 1. The number of nitrogens with one attached hydrogen (secondary N) is 2. The van der Waals surface area contributed by atoms with E-state index in [0.29, 0.717) is 26.1 Å². The molecule has 8 heteroatoms. The van der Waals surface area contributed by atoms with Crippen LogP contribution in [0.5, 0.6) is 0 Å². The lowest BCUT2D eigenvalue weighted by molar-refractivity contribution is -0.131. The Kier molecular flexibility index (Phi) is 8.20. The molecule has 1 aromatic heterocycles. The van der Waals surface area contributed by atoms with Crippen molar-refractivity contribution in [2.45, 2.75) is 26.7 Å². The monoisotopic (exact) mass is 423 g/mol. The molecule has 2 aromatic rings. The number of hydrogen-bond acceptors (Lipinski definition) is 5. The highest BCUT2D eigenvalue weighted by Crippen LogP contribution is 2.10. The third kappa shape index (κ3) is 6.94. The van der Waals surface area contributed by atoms with Crippen LogP contribution >= 0.6 is 0 Å². The lowest BCUT2D eigenvalue weighted by Crippen LogP contribution is -2.50. The number of aromatic nitrogens is 2. The second-order valence-corrected chi connectivity index (χ2v) is 7.84. The largest absolute Gasteiger partial charge is 0.356 e. The number of guanidine groups is 1. The summed E-state index contributed by atoms with van der Waals surface area (Å²) in [6, 6.07) is 8.42. The van der Waals surface area contributed by atoms with E-state index in [0.717, 1.165) is 38.0 Å². The zero-order valence-electron chi connectivity index (χ0n) is 18.8. The first-order valence-corrected chi connectivity index (χ1v) is 10.9. The van der Waals surface area contributed by atoms with Gasteiger partial charge in [0.1, 0.15) is 0 Å². The smallest absolute Gasteiger partial charge is 0.225 e. The molecule has 1 fully saturated rings. The Hall–Kier alpha value is -3.16. The number of rotatable bonds is 7. The van der Waals surface area contributed by atoms with Gasteiger partial charge in [0, 0.05) is 65.1 Å². The van der Waals surface area contributed by atoms with E-state index >= 15 is 0 Å². The number of carbonyl (C=O) groups is 1. The van der Waals surface area contributed by atoms with E-state index in [-0.39, 0.29) is 5.91 Å². The van der Waals surface area contributed by atoms with Crippen molar-refractivity contribution in [3.8, 4) is 0 Å². The van der Waals surface area contributed by atoms with E-state index in [2.05, 4.69) is 62.5 Å². The van der Waals surface area contributed by atoms with Gasteiger partial charge in [0.05, 0.1) is 0 Å². The Morgan fingerprint density at radius 1 is 1.00 bits per heavy atom. The Balaban J connectivity index is 1.34. The second-order valence-electron chi connectivity index (χ2n) is 7.84. The lowest BCUT2D eigenvalue weighted by atomic mass is 10.1. The van der Waals surface area contributed by atoms with Crippen molar-refractivity contribution in [1.29, 1.82) is 0 Å². The molecule has 2 heterocycles. The van der Waals surface area contributed by atoms with Gasteiger partial charge < -0.3 is 20.4 Å². The summed E-state index contributed by atoms with van der Waals surface area (Å²) < 4.78 is 0. The SMILES string of the molecule is CN=C(NCCC(=O)N1CCN(c2ncccn2)CC1)NCCc1cc(C)cc(C)c1. The Labute approximate surface area is 184 Å². The predicted molar refractivity (Wildman–Crippen MR) is 124 cm³/mol. The third-order valence-electron chi connectivity index (χ3n) is 5.31. The molecule has 0 bridgehead atoms. The molecule has 0 atom stereocenters. The Bertz CT molecular complexity index is 856. The van der Waals surface area contributed by atoms with Crippen LogP contribution in [0.3, 0.4) is 0 Å². The highest BCUT2D eigenvalue weighted by molar-refractivity contribution is 5.81. The van der Waals surface area contributed by atoms with Crippen molar-refractivity contribution < 1.29 is 4.79 Å². The summed E-state index contributed by atoms with van der Waals surface area (Å²) in [6.45, 7) is 8.49. The number of anilines is 1. The van der Waals surface area contributed by atoms with Gasteiger partial charge in [0.2, 0.25) is 11.9 Å². The summed E-state index contributed by atoms with van der Waals surface area (Å²) in [5.74, 6) is 1.61. The van der Waals surface area contributed by atoms with Crippen LogP contribution in [0.2, 0.25) is 0 Å². The first-order valence-electron chi connectivity index (χ1n) is 10.9. The minimum atomic E-state index is 0.159. The highest BCUT2D eigenvalue weighted by Gasteiger charge is 2.22. The molecule has 1 saturated heterocycles. The highest BCUT2D eigenvalue weighted by atomic mass is 16.2. The molecule has 8 nitrogen and oxygen atoms in total. The molecule has 166 valence electrons. The zero-order valence-corrected chi connectivity index (χ0v) is 18.8. The minimum absolute atomic E-state index is 0.159. The van der Waals surface area contributed by atoms with Gasteiger partial charge in [-0.1, -0.05) is 29.3 Å². The summed E-state index contributed by atoms with van der Waals surface area (Å²) in [7, 11) is 1.75. The molecule has 0 saturated carbocycles. The maximum atomic E-state index is 12.5. The van der Waals surface area contributed by atoms with Crippen LogP contribution in [-0.4, -0.2) is 73.1 Å². The molecule has 0 unspecified atom stereocenters. The van der Waals surface area contributed by atoms with E-state index in [1.165, 1.54) is 16.7 Å². The van der Waals surface area contributed by atoms with Crippen molar-refractivity contribution in [3.05, 3.63) is 53.3 Å². The van der Waals surface area contributed by atoms with E-state index in [9.17, 15) is 4.79 Å². The lowest BCUT2D eigenvalue weighted by Gasteiger charge is -2.34. The van der Waals surface area contributed by atoms with Gasteiger partial charge >= 0.3 is 0 Å². The van der Waals surface area contributed by atoms with E-state index in [4.69, 9.17) is 0 Å². The summed E-state index contributed by atoms with van der Waals surface area (Å²) in [5, 5.41) is 6.57. The second kappa shape index (κ2) is 11.3. The number of piperazine rings is 1.